The maximum Gasteiger partial charge on any atom is 0.407 e. The molecule has 2 fully saturated rings. The molecule has 2 aliphatic rings. The number of likely N-dealkylation sites (N-methyl/N-ethyl adjacent to an activating group) is 2. The minimum absolute atomic E-state index is 0.0216. The van der Waals surface area contributed by atoms with Gasteiger partial charge in [-0.15, -0.1) is 11.3 Å². The van der Waals surface area contributed by atoms with E-state index in [0.717, 1.165) is 42.4 Å². The zero-order chi connectivity index (χ0) is 37.9. The third-order valence-corrected chi connectivity index (χ3v) is 11.1. The first kappa shape index (κ1) is 39.9. The fourth-order valence-corrected chi connectivity index (χ4v) is 7.69. The molecule has 3 amide bonds. The van der Waals surface area contributed by atoms with Crippen molar-refractivity contribution < 1.29 is 50.6 Å². The highest BCUT2D eigenvalue weighted by molar-refractivity contribution is 7.09. The fraction of sp³-hybridized carbons (Fsp3) is 0.618. The molecule has 2 N–H and O–H groups in total. The summed E-state index contributed by atoms with van der Waals surface area (Å²) >= 11 is 0.813. The number of amides is 3. The summed E-state index contributed by atoms with van der Waals surface area (Å²) in [4.78, 5) is 61.1. The molecule has 1 unspecified atom stereocenters. The Morgan fingerprint density at radius 1 is 1.02 bits per heavy atom. The Bertz CT molecular complexity index is 1610. The molecule has 0 spiro atoms. The fourth-order valence-electron chi connectivity index (χ4n) is 6.86. The van der Waals surface area contributed by atoms with E-state index < -0.39 is 76.3 Å². The van der Waals surface area contributed by atoms with Crippen LogP contribution in [0.3, 0.4) is 0 Å². The molecule has 282 valence electrons. The molecule has 3 heterocycles. The van der Waals surface area contributed by atoms with E-state index in [-0.39, 0.29) is 41.6 Å². The van der Waals surface area contributed by atoms with Gasteiger partial charge in [0.05, 0.1) is 0 Å². The Morgan fingerprint density at radius 3 is 2.12 bits per heavy atom. The quantitative estimate of drug-likeness (QED) is 0.0808. The Kier molecular flexibility index (Phi) is 12.7. The number of ether oxygens (including phenoxy) is 2. The van der Waals surface area contributed by atoms with Crippen LogP contribution in [-0.2, 0) is 14.3 Å². The van der Waals surface area contributed by atoms with E-state index in [1.165, 1.54) is 4.90 Å². The zero-order valence-corrected chi connectivity index (χ0v) is 30.4. The Labute approximate surface area is 297 Å². The lowest BCUT2D eigenvalue weighted by Crippen LogP contribution is -2.60. The van der Waals surface area contributed by atoms with E-state index in [0.29, 0.717) is 12.5 Å². The molecule has 2 aromatic rings. The van der Waals surface area contributed by atoms with Gasteiger partial charge in [-0.1, -0.05) is 34.1 Å². The third-order valence-electron chi connectivity index (χ3n) is 10.2. The van der Waals surface area contributed by atoms with Gasteiger partial charge >= 0.3 is 12.1 Å². The van der Waals surface area contributed by atoms with Gasteiger partial charge in [-0.05, 0) is 51.5 Å². The minimum Gasteiger partial charge on any atom is -0.439 e. The van der Waals surface area contributed by atoms with Crippen LogP contribution in [0.25, 0.3) is 0 Å². The van der Waals surface area contributed by atoms with Crippen molar-refractivity contribution in [3.63, 3.8) is 0 Å². The van der Waals surface area contributed by atoms with Crippen molar-refractivity contribution >= 4 is 35.2 Å². The molecule has 2 aliphatic heterocycles. The normalized spacial score (nSPS) is 20.8. The number of benzene rings is 1. The highest BCUT2D eigenvalue weighted by atomic mass is 32.1. The van der Waals surface area contributed by atoms with E-state index in [1.807, 2.05) is 34.7 Å². The first-order valence-electron chi connectivity index (χ1n) is 16.9. The summed E-state index contributed by atoms with van der Waals surface area (Å²) in [6, 6.07) is -1.11. The Morgan fingerprint density at radius 2 is 1.61 bits per heavy atom. The number of hydrogen-bond donors (Lipinski definition) is 2. The lowest BCUT2D eigenvalue weighted by Gasteiger charge is -2.38. The van der Waals surface area contributed by atoms with Crippen molar-refractivity contribution in [2.75, 3.05) is 20.6 Å². The summed E-state index contributed by atoms with van der Waals surface area (Å²) in [5.74, 6) is -16.0. The summed E-state index contributed by atoms with van der Waals surface area (Å²) in [5.41, 5.74) is -1.21. The van der Waals surface area contributed by atoms with E-state index in [1.54, 1.807) is 14.0 Å². The third kappa shape index (κ3) is 7.98. The largest absolute Gasteiger partial charge is 0.439 e. The summed E-state index contributed by atoms with van der Waals surface area (Å²) in [6.07, 6.45) is 1.85. The van der Waals surface area contributed by atoms with Gasteiger partial charge in [-0.3, -0.25) is 14.5 Å². The van der Waals surface area contributed by atoms with Crippen LogP contribution in [0.1, 0.15) is 94.7 Å². The molecule has 1 aromatic heterocycles. The molecule has 11 nitrogen and oxygen atoms in total. The number of thiazole rings is 1. The van der Waals surface area contributed by atoms with Gasteiger partial charge in [-0.25, -0.2) is 27.7 Å². The number of fused-ring (bicyclic) bond motifs is 2. The van der Waals surface area contributed by atoms with Crippen LogP contribution in [0, 0.1) is 40.9 Å². The van der Waals surface area contributed by atoms with Crippen LogP contribution in [0.5, 0.6) is 5.75 Å². The topological polar surface area (TPSA) is 130 Å². The maximum absolute atomic E-state index is 14.2. The van der Waals surface area contributed by atoms with Crippen molar-refractivity contribution in [2.24, 2.45) is 11.8 Å². The van der Waals surface area contributed by atoms with E-state index in [9.17, 15) is 41.1 Å². The molecular formula is C34H44F5N5O6S. The molecule has 4 rings (SSSR count). The second-order valence-electron chi connectivity index (χ2n) is 13.5. The second-order valence-corrected chi connectivity index (χ2v) is 14.4. The molecule has 4 atom stereocenters. The highest BCUT2D eigenvalue weighted by Gasteiger charge is 2.55. The Balaban J connectivity index is 1.58. The van der Waals surface area contributed by atoms with Gasteiger partial charge in [0.25, 0.3) is 0 Å². The van der Waals surface area contributed by atoms with Crippen molar-refractivity contribution in [3.05, 3.63) is 45.2 Å². The van der Waals surface area contributed by atoms with Crippen LogP contribution in [0.15, 0.2) is 5.38 Å². The van der Waals surface area contributed by atoms with Crippen LogP contribution >= 0.6 is 11.3 Å². The van der Waals surface area contributed by atoms with Gasteiger partial charge in [-0.2, -0.15) is 8.78 Å². The van der Waals surface area contributed by atoms with Gasteiger partial charge in [0, 0.05) is 37.5 Å². The molecule has 1 aromatic carbocycles. The molecule has 17 heteroatoms. The second kappa shape index (κ2) is 16.2. The standard InChI is InChI=1S/C34H44F5N5O6S/c1-8-17(5)27(42-32(47)34-12-10-18(11-13-34)44(34)7)30(45)43(6)20(16(3)4)14-21(49-33(48)40-9-2)29-41-19(15-51-29)31(46)50-28-25(38)23(36)22(35)24(37)26(28)39/h15-18,20-21,27H,8-14H2,1-7H3,(H,40,48)(H,42,47)/t17-,18?,20?,21+,27-,34?/m0/s1. The average Bonchev–Trinajstić information content (AvgIpc) is 3.82. The van der Waals surface area contributed by atoms with Gasteiger partial charge in [0.1, 0.15) is 16.6 Å². The number of nitrogens with zero attached hydrogens (tertiary/aromatic N) is 3. The van der Waals surface area contributed by atoms with Crippen molar-refractivity contribution in [2.45, 2.75) is 103 Å². The van der Waals surface area contributed by atoms with Crippen LogP contribution in [-0.4, -0.2) is 83.0 Å². The number of aromatic nitrogens is 1. The summed E-state index contributed by atoms with van der Waals surface area (Å²) < 4.78 is 79.4. The number of alkyl carbamates (subject to hydrolysis) is 1. The zero-order valence-electron chi connectivity index (χ0n) is 29.6. The van der Waals surface area contributed by atoms with Crippen molar-refractivity contribution in [3.8, 4) is 5.75 Å². The van der Waals surface area contributed by atoms with Crippen LogP contribution < -0.4 is 15.4 Å². The monoisotopic (exact) mass is 745 g/mol. The minimum atomic E-state index is -2.42. The lowest BCUT2D eigenvalue weighted by atomic mass is 9.86. The number of halogens is 5. The SMILES string of the molecule is CCNC(=O)O[C@H](CC(C(C)C)N(C)C(=O)[C@@H](NC(=O)C12CCC(CC1)N2C)[C@@H](C)CC)c1nc(C(=O)Oc2c(F)c(F)c(F)c(F)c2F)cs1. The predicted octanol–water partition coefficient (Wildman–Crippen LogP) is 5.88. The number of carbonyl (C=O) groups is 4. The van der Waals surface area contributed by atoms with Crippen molar-refractivity contribution in [1.29, 1.82) is 0 Å². The predicted molar refractivity (Wildman–Crippen MR) is 176 cm³/mol. The van der Waals surface area contributed by atoms with Gasteiger partial charge in [0.15, 0.2) is 11.8 Å². The van der Waals surface area contributed by atoms with Gasteiger partial charge < -0.3 is 25.0 Å². The molecule has 51 heavy (non-hydrogen) atoms. The molecule has 0 radical (unpaired) electrons. The van der Waals surface area contributed by atoms with E-state index >= 15 is 0 Å². The van der Waals surface area contributed by atoms with E-state index in [2.05, 4.69) is 25.3 Å². The lowest BCUT2D eigenvalue weighted by molar-refractivity contribution is -0.142. The summed E-state index contributed by atoms with van der Waals surface area (Å²) in [7, 11) is 3.54. The molecule has 2 bridgehead atoms. The molecule has 0 aliphatic carbocycles. The molecule has 0 saturated carbocycles. The van der Waals surface area contributed by atoms with E-state index in [4.69, 9.17) is 4.74 Å². The number of rotatable bonds is 14. The molecular weight excluding hydrogens is 701 g/mol. The molecule has 2 saturated heterocycles. The average molecular weight is 746 g/mol. The van der Waals surface area contributed by atoms with Crippen molar-refractivity contribution in [1.82, 2.24) is 25.4 Å². The van der Waals surface area contributed by atoms with Crippen LogP contribution in [0.4, 0.5) is 26.7 Å². The number of carbonyl (C=O) groups excluding carboxylic acids is 4. The van der Waals surface area contributed by atoms with Gasteiger partial charge in [0.2, 0.25) is 46.6 Å². The summed E-state index contributed by atoms with van der Waals surface area (Å²) in [5, 5.41) is 6.71. The first-order valence-corrected chi connectivity index (χ1v) is 17.8. The summed E-state index contributed by atoms with van der Waals surface area (Å²) in [6.45, 7) is 9.40. The Hall–Kier alpha value is -3.86. The number of esters is 1. The first-order chi connectivity index (χ1) is 24.0. The number of hydrogen-bond acceptors (Lipinski definition) is 9. The van der Waals surface area contributed by atoms with Crippen LogP contribution in [0.2, 0.25) is 0 Å². The number of nitrogens with one attached hydrogen (secondary N) is 2. The smallest absolute Gasteiger partial charge is 0.407 e. The maximum atomic E-state index is 14.2. The highest BCUT2D eigenvalue weighted by Crippen LogP contribution is 2.45.